The first-order valence-electron chi connectivity index (χ1n) is 11.4. The highest BCUT2D eigenvalue weighted by molar-refractivity contribution is 5.96. The number of nitrogens with zero attached hydrogens (tertiary/aromatic N) is 1. The van der Waals surface area contributed by atoms with E-state index in [1.807, 2.05) is 6.07 Å². The maximum Gasteiger partial charge on any atom is 0.309 e. The third-order valence-electron chi connectivity index (χ3n) is 7.73. The lowest BCUT2D eigenvalue weighted by molar-refractivity contribution is -0.200. The SMILES string of the molecule is COc1ccc(F)cc1-c1ccnc2[nH]c(C3=CCC(NC45CC(C(=O)O)(C4)C5)CC3)cc12. The Bertz CT molecular complexity index is 1290. The Balaban J connectivity index is 1.22. The van der Waals surface area contributed by atoms with Gasteiger partial charge in [-0.2, -0.15) is 0 Å². The van der Waals surface area contributed by atoms with Gasteiger partial charge in [0.05, 0.1) is 12.5 Å². The van der Waals surface area contributed by atoms with Gasteiger partial charge in [-0.25, -0.2) is 9.37 Å². The zero-order valence-electron chi connectivity index (χ0n) is 18.5. The standard InChI is InChI=1S/C26H26FN3O3/c1-33-22-7-4-16(27)10-19(22)18-8-9-28-23-20(18)11-21(29-23)15-2-5-17(6-3-15)30-26-12-25(13-26,14-26)24(31)32/h2,4,7-11,17,30H,3,5-6,12-14H2,1H3,(H,28,29)(H,31,32). The maximum atomic E-state index is 14.0. The number of aromatic nitrogens is 2. The molecule has 3 saturated carbocycles. The van der Waals surface area contributed by atoms with E-state index in [1.54, 1.807) is 19.4 Å². The molecule has 2 heterocycles. The molecule has 7 heteroatoms. The number of carboxylic acid groups (broad SMARTS) is 1. The van der Waals surface area contributed by atoms with E-state index in [-0.39, 0.29) is 11.4 Å². The van der Waals surface area contributed by atoms with Crippen LogP contribution in [0, 0.1) is 11.2 Å². The molecule has 0 radical (unpaired) electrons. The van der Waals surface area contributed by atoms with Gasteiger partial charge in [-0.05, 0) is 80.0 Å². The van der Waals surface area contributed by atoms with Gasteiger partial charge in [-0.1, -0.05) is 6.08 Å². The number of allylic oxidation sites excluding steroid dienone is 1. The van der Waals surface area contributed by atoms with E-state index in [4.69, 9.17) is 4.74 Å². The van der Waals surface area contributed by atoms with Crippen molar-refractivity contribution in [2.45, 2.75) is 50.1 Å². The van der Waals surface area contributed by atoms with Gasteiger partial charge in [0, 0.05) is 34.4 Å². The molecule has 0 aliphatic heterocycles. The minimum absolute atomic E-state index is 0.0539. The van der Waals surface area contributed by atoms with Gasteiger partial charge in [-0.15, -0.1) is 0 Å². The van der Waals surface area contributed by atoms with Crippen LogP contribution in [0.1, 0.15) is 44.2 Å². The summed E-state index contributed by atoms with van der Waals surface area (Å²) in [5.41, 5.74) is 4.25. The first kappa shape index (κ1) is 20.4. The first-order chi connectivity index (χ1) is 15.9. The van der Waals surface area contributed by atoms with Crippen molar-refractivity contribution in [3.05, 3.63) is 54.1 Å². The number of ether oxygens (including phenoxy) is 1. The second-order valence-corrected chi connectivity index (χ2v) is 9.89. The molecule has 1 atom stereocenters. The summed E-state index contributed by atoms with van der Waals surface area (Å²) in [6, 6.07) is 8.91. The van der Waals surface area contributed by atoms with Crippen LogP contribution in [0.3, 0.4) is 0 Å². The highest BCUT2D eigenvalue weighted by Gasteiger charge is 2.72. The van der Waals surface area contributed by atoms with Crippen LogP contribution < -0.4 is 10.1 Å². The average Bonchev–Trinajstić information content (AvgIpc) is 3.19. The number of hydrogen-bond donors (Lipinski definition) is 3. The number of nitrogens with one attached hydrogen (secondary N) is 2. The van der Waals surface area contributed by atoms with Crippen LogP contribution in [0.15, 0.2) is 42.6 Å². The fraction of sp³-hybridized carbons (Fsp3) is 0.385. The van der Waals surface area contributed by atoms with E-state index in [0.29, 0.717) is 17.4 Å². The molecule has 2 bridgehead atoms. The van der Waals surface area contributed by atoms with E-state index in [2.05, 4.69) is 27.4 Å². The number of carboxylic acids is 1. The monoisotopic (exact) mass is 447 g/mol. The minimum atomic E-state index is -0.639. The molecule has 3 N–H and O–H groups in total. The van der Waals surface area contributed by atoms with Crippen LogP contribution >= 0.6 is 0 Å². The van der Waals surface area contributed by atoms with Crippen LogP contribution in [0.2, 0.25) is 0 Å². The molecule has 0 saturated heterocycles. The average molecular weight is 448 g/mol. The number of hydrogen-bond acceptors (Lipinski definition) is 4. The third kappa shape index (κ3) is 3.17. The van der Waals surface area contributed by atoms with Gasteiger partial charge < -0.3 is 20.1 Å². The third-order valence-corrected chi connectivity index (χ3v) is 7.73. The lowest BCUT2D eigenvalue weighted by Gasteiger charge is -2.69. The Kier molecular flexibility index (Phi) is 4.43. The van der Waals surface area contributed by atoms with E-state index in [1.165, 1.54) is 17.7 Å². The largest absolute Gasteiger partial charge is 0.496 e. The molecule has 1 unspecified atom stereocenters. The Hall–Kier alpha value is -3.19. The van der Waals surface area contributed by atoms with Crippen molar-refractivity contribution in [3.8, 4) is 16.9 Å². The van der Waals surface area contributed by atoms with E-state index >= 15 is 0 Å². The lowest BCUT2D eigenvalue weighted by Crippen LogP contribution is -2.77. The summed E-state index contributed by atoms with van der Waals surface area (Å²) < 4.78 is 19.5. The minimum Gasteiger partial charge on any atom is -0.496 e. The number of aliphatic carboxylic acids is 1. The number of fused-ring (bicyclic) bond motifs is 1. The van der Waals surface area contributed by atoms with Crippen molar-refractivity contribution >= 4 is 22.6 Å². The molecule has 1 aromatic carbocycles. The zero-order chi connectivity index (χ0) is 22.8. The Morgan fingerprint density at radius 1 is 1.24 bits per heavy atom. The smallest absolute Gasteiger partial charge is 0.309 e. The summed E-state index contributed by atoms with van der Waals surface area (Å²) in [6.07, 6.45) is 9.17. The van der Waals surface area contributed by atoms with Crippen molar-refractivity contribution in [2.75, 3.05) is 7.11 Å². The van der Waals surface area contributed by atoms with Crippen molar-refractivity contribution in [2.24, 2.45) is 5.41 Å². The summed E-state index contributed by atoms with van der Waals surface area (Å²) in [5.74, 6) is -0.326. The van der Waals surface area contributed by atoms with E-state index < -0.39 is 11.4 Å². The van der Waals surface area contributed by atoms with Crippen molar-refractivity contribution in [1.29, 1.82) is 0 Å². The summed E-state index contributed by atoms with van der Waals surface area (Å²) >= 11 is 0. The van der Waals surface area contributed by atoms with Crippen LogP contribution in [-0.4, -0.2) is 39.7 Å². The number of carbonyl (C=O) groups is 1. The molecule has 4 aliphatic rings. The Morgan fingerprint density at radius 2 is 2.06 bits per heavy atom. The highest BCUT2D eigenvalue weighted by atomic mass is 19.1. The second-order valence-electron chi connectivity index (χ2n) is 9.89. The van der Waals surface area contributed by atoms with E-state index in [9.17, 15) is 14.3 Å². The summed E-state index contributed by atoms with van der Waals surface area (Å²) in [7, 11) is 1.59. The Morgan fingerprint density at radius 3 is 2.76 bits per heavy atom. The number of halogens is 1. The van der Waals surface area contributed by atoms with E-state index in [0.717, 1.165) is 60.8 Å². The Labute approximate surface area is 190 Å². The molecule has 3 aromatic rings. The quantitative estimate of drug-likeness (QED) is 0.500. The van der Waals surface area contributed by atoms with Gasteiger partial charge in [0.15, 0.2) is 0 Å². The molecule has 33 heavy (non-hydrogen) atoms. The molecule has 4 aliphatic carbocycles. The van der Waals surface area contributed by atoms with Gasteiger partial charge in [-0.3, -0.25) is 4.79 Å². The molecule has 2 aromatic heterocycles. The maximum absolute atomic E-state index is 14.0. The first-order valence-corrected chi connectivity index (χ1v) is 11.4. The number of benzene rings is 1. The molecule has 0 spiro atoms. The fourth-order valence-corrected chi connectivity index (χ4v) is 6.14. The summed E-state index contributed by atoms with van der Waals surface area (Å²) in [6.45, 7) is 0. The molecular formula is C26H26FN3O3. The number of aromatic amines is 1. The number of pyridine rings is 1. The normalized spacial score (nSPS) is 28.1. The van der Waals surface area contributed by atoms with Crippen molar-refractivity contribution < 1.29 is 19.0 Å². The lowest BCUT2D eigenvalue weighted by atomic mass is 9.39. The number of H-pyrrole nitrogens is 1. The van der Waals surface area contributed by atoms with Crippen LogP contribution in [0.5, 0.6) is 5.75 Å². The molecule has 7 rings (SSSR count). The van der Waals surface area contributed by atoms with Gasteiger partial charge in [0.1, 0.15) is 17.2 Å². The van der Waals surface area contributed by atoms with Crippen molar-refractivity contribution in [1.82, 2.24) is 15.3 Å². The molecule has 170 valence electrons. The number of rotatable bonds is 6. The molecule has 3 fully saturated rings. The molecule has 6 nitrogen and oxygen atoms in total. The summed E-state index contributed by atoms with van der Waals surface area (Å²) in [5, 5.41) is 14.0. The van der Waals surface area contributed by atoms with Gasteiger partial charge in [0.25, 0.3) is 0 Å². The van der Waals surface area contributed by atoms with Crippen LogP contribution in [0.4, 0.5) is 4.39 Å². The second kappa shape index (κ2) is 7.15. The summed E-state index contributed by atoms with van der Waals surface area (Å²) in [4.78, 5) is 19.3. The van der Waals surface area contributed by atoms with Crippen LogP contribution in [0.25, 0.3) is 27.7 Å². The molecular weight excluding hydrogens is 421 g/mol. The topological polar surface area (TPSA) is 87.2 Å². The molecule has 0 amide bonds. The number of methoxy groups -OCH3 is 1. The van der Waals surface area contributed by atoms with Crippen LogP contribution in [-0.2, 0) is 4.79 Å². The van der Waals surface area contributed by atoms with Gasteiger partial charge in [0.2, 0.25) is 0 Å². The highest BCUT2D eigenvalue weighted by Crippen LogP contribution is 2.67. The zero-order valence-corrected chi connectivity index (χ0v) is 18.5. The van der Waals surface area contributed by atoms with Gasteiger partial charge >= 0.3 is 5.97 Å². The predicted molar refractivity (Wildman–Crippen MR) is 123 cm³/mol. The predicted octanol–water partition coefficient (Wildman–Crippen LogP) is 4.91. The fourth-order valence-electron chi connectivity index (χ4n) is 6.14. The van der Waals surface area contributed by atoms with Crippen molar-refractivity contribution in [3.63, 3.8) is 0 Å².